The van der Waals surface area contributed by atoms with Crippen molar-refractivity contribution < 1.29 is 9.90 Å². The summed E-state index contributed by atoms with van der Waals surface area (Å²) < 4.78 is 0.935. The van der Waals surface area contributed by atoms with E-state index in [4.69, 9.17) is 11.6 Å². The molecule has 0 spiro atoms. The first-order valence-corrected chi connectivity index (χ1v) is 7.74. The average Bonchev–Trinajstić information content (AvgIpc) is 2.35. The van der Waals surface area contributed by atoms with Crippen LogP contribution in [-0.4, -0.2) is 34.4 Å². The molecule has 1 aromatic rings. The number of carbonyl (C=O) groups is 1. The van der Waals surface area contributed by atoms with Gasteiger partial charge < -0.3 is 10.0 Å². The number of alkyl halides is 1. The van der Waals surface area contributed by atoms with E-state index in [-0.39, 0.29) is 22.4 Å². The van der Waals surface area contributed by atoms with Gasteiger partial charge in [-0.3, -0.25) is 4.79 Å². The Morgan fingerprint density at radius 2 is 2.21 bits per heavy atom. The summed E-state index contributed by atoms with van der Waals surface area (Å²) in [5, 5.41) is 9.93. The number of phenolic OH excluding ortho intramolecular Hbond substituents is 1. The molecule has 104 valence electrons. The van der Waals surface area contributed by atoms with Crippen molar-refractivity contribution in [2.45, 2.75) is 25.6 Å². The van der Waals surface area contributed by atoms with Crippen molar-refractivity contribution in [3.63, 3.8) is 0 Å². The number of carbonyl (C=O) groups excluding carboxylic acids is 1. The fourth-order valence-electron chi connectivity index (χ4n) is 2.35. The molecule has 0 bridgehead atoms. The summed E-state index contributed by atoms with van der Waals surface area (Å²) in [6.45, 7) is 5.39. The molecule has 1 aliphatic heterocycles. The highest BCUT2D eigenvalue weighted by atomic mass is 127. The van der Waals surface area contributed by atoms with E-state index in [2.05, 4.69) is 36.4 Å². The summed E-state index contributed by atoms with van der Waals surface area (Å²) in [7, 11) is 0. The summed E-state index contributed by atoms with van der Waals surface area (Å²) in [6.07, 6.45) is 0.783. The van der Waals surface area contributed by atoms with Crippen molar-refractivity contribution in [2.75, 3.05) is 13.1 Å². The van der Waals surface area contributed by atoms with Crippen molar-refractivity contribution in [3.05, 3.63) is 27.3 Å². The van der Waals surface area contributed by atoms with Gasteiger partial charge in [0.15, 0.2) is 0 Å². The Bertz CT molecular complexity index is 504. The number of rotatable bonds is 1. The maximum absolute atomic E-state index is 12.5. The molecule has 0 aliphatic carbocycles. The quantitative estimate of drug-likeness (QED) is 0.586. The fourth-order valence-corrected chi connectivity index (χ4v) is 3.01. The molecule has 3 nitrogen and oxygen atoms in total. The third kappa shape index (κ3) is 3.16. The Morgan fingerprint density at radius 3 is 2.84 bits per heavy atom. The second kappa shape index (κ2) is 5.48. The number of hydrogen-bond acceptors (Lipinski definition) is 2. The Morgan fingerprint density at radius 1 is 1.53 bits per heavy atom. The highest BCUT2D eigenvalue weighted by molar-refractivity contribution is 14.1. The van der Waals surface area contributed by atoms with E-state index in [1.54, 1.807) is 23.1 Å². The third-order valence-corrected chi connectivity index (χ3v) is 5.05. The Labute approximate surface area is 132 Å². The molecule has 19 heavy (non-hydrogen) atoms. The summed E-state index contributed by atoms with van der Waals surface area (Å²) in [4.78, 5) is 14.3. The number of nitrogens with zero attached hydrogens (tertiary/aromatic N) is 1. The molecule has 0 saturated carbocycles. The maximum Gasteiger partial charge on any atom is 0.257 e. The van der Waals surface area contributed by atoms with Crippen molar-refractivity contribution in [2.24, 2.45) is 5.41 Å². The summed E-state index contributed by atoms with van der Waals surface area (Å²) in [5.41, 5.74) is 0.267. The van der Waals surface area contributed by atoms with Crippen LogP contribution in [0.15, 0.2) is 18.2 Å². The number of piperidine rings is 1. The topological polar surface area (TPSA) is 40.5 Å². The summed E-state index contributed by atoms with van der Waals surface area (Å²) in [6, 6.07) is 5.06. The Kier molecular flexibility index (Phi) is 4.30. The van der Waals surface area contributed by atoms with Gasteiger partial charge >= 0.3 is 0 Å². The predicted molar refractivity (Wildman–Crippen MR) is 84.8 cm³/mol. The molecule has 1 atom stereocenters. The minimum Gasteiger partial charge on any atom is -0.507 e. The lowest BCUT2D eigenvalue weighted by Gasteiger charge is -2.41. The number of phenols is 1. The van der Waals surface area contributed by atoms with Gasteiger partial charge in [-0.15, -0.1) is 11.6 Å². The lowest BCUT2D eigenvalue weighted by atomic mass is 9.83. The van der Waals surface area contributed by atoms with Gasteiger partial charge in [-0.25, -0.2) is 0 Å². The molecule has 1 amide bonds. The number of likely N-dealkylation sites (tertiary alicyclic amines) is 1. The minimum absolute atomic E-state index is 0.0382. The first-order valence-electron chi connectivity index (χ1n) is 6.23. The first-order chi connectivity index (χ1) is 8.81. The zero-order chi connectivity index (χ0) is 14.2. The Balaban J connectivity index is 2.23. The van der Waals surface area contributed by atoms with Crippen LogP contribution in [0, 0.1) is 8.99 Å². The number of hydrogen-bond donors (Lipinski definition) is 1. The number of benzene rings is 1. The molecule has 1 aliphatic rings. The molecule has 0 radical (unpaired) electrons. The molecule has 1 heterocycles. The van der Waals surface area contributed by atoms with Gasteiger partial charge in [0.1, 0.15) is 5.75 Å². The van der Waals surface area contributed by atoms with Gasteiger partial charge in [-0.05, 0) is 52.6 Å². The van der Waals surface area contributed by atoms with Crippen LogP contribution in [0.2, 0.25) is 0 Å². The van der Waals surface area contributed by atoms with Gasteiger partial charge in [0, 0.05) is 22.0 Å². The minimum atomic E-state index is -0.118. The van der Waals surface area contributed by atoms with E-state index >= 15 is 0 Å². The average molecular weight is 394 g/mol. The van der Waals surface area contributed by atoms with Crippen molar-refractivity contribution >= 4 is 40.1 Å². The zero-order valence-electron chi connectivity index (χ0n) is 11.0. The van der Waals surface area contributed by atoms with Crippen LogP contribution in [0.25, 0.3) is 0 Å². The monoisotopic (exact) mass is 393 g/mol. The number of halogens is 2. The molecule has 1 fully saturated rings. The van der Waals surface area contributed by atoms with Crippen molar-refractivity contribution in [3.8, 4) is 5.75 Å². The molecule has 0 aromatic heterocycles. The van der Waals surface area contributed by atoms with Crippen LogP contribution < -0.4 is 0 Å². The smallest absolute Gasteiger partial charge is 0.257 e. The number of aromatic hydroxyl groups is 1. The van der Waals surface area contributed by atoms with Crippen molar-refractivity contribution in [1.82, 2.24) is 4.90 Å². The largest absolute Gasteiger partial charge is 0.507 e. The highest BCUT2D eigenvalue weighted by Gasteiger charge is 2.37. The van der Waals surface area contributed by atoms with Crippen LogP contribution in [0.1, 0.15) is 30.6 Å². The normalized spacial score (nSPS) is 22.3. The molecular weight excluding hydrogens is 377 g/mol. The summed E-state index contributed by atoms with van der Waals surface area (Å²) in [5.74, 6) is -0.0797. The Hall–Kier alpha value is -0.490. The van der Waals surface area contributed by atoms with Gasteiger partial charge in [0.2, 0.25) is 0 Å². The number of amides is 1. The second-order valence-electron chi connectivity index (χ2n) is 5.63. The summed E-state index contributed by atoms with van der Waals surface area (Å²) >= 11 is 8.43. The van der Waals surface area contributed by atoms with Gasteiger partial charge in [0.25, 0.3) is 5.91 Å². The molecule has 1 unspecified atom stereocenters. The highest BCUT2D eigenvalue weighted by Crippen LogP contribution is 2.34. The zero-order valence-corrected chi connectivity index (χ0v) is 13.9. The lowest BCUT2D eigenvalue weighted by Crippen LogP contribution is -2.48. The van der Waals surface area contributed by atoms with Gasteiger partial charge in [0.05, 0.1) is 5.56 Å². The first kappa shape index (κ1) is 14.9. The van der Waals surface area contributed by atoms with Gasteiger partial charge in [-0.1, -0.05) is 13.8 Å². The van der Waals surface area contributed by atoms with E-state index in [9.17, 15) is 9.90 Å². The molecule has 1 saturated heterocycles. The SMILES string of the molecule is CC1(C)CN(C(=O)c2cc(I)ccc2O)CCC1Cl. The van der Waals surface area contributed by atoms with Crippen LogP contribution in [0.3, 0.4) is 0 Å². The second-order valence-corrected chi connectivity index (χ2v) is 7.41. The third-order valence-electron chi connectivity index (χ3n) is 3.58. The molecule has 1 aromatic carbocycles. The molecule has 1 N–H and O–H groups in total. The predicted octanol–water partition coefficient (Wildman–Crippen LogP) is 3.48. The molecule has 5 heteroatoms. The van der Waals surface area contributed by atoms with E-state index in [1.807, 2.05) is 0 Å². The van der Waals surface area contributed by atoms with E-state index in [0.29, 0.717) is 18.7 Å². The van der Waals surface area contributed by atoms with Crippen LogP contribution >= 0.6 is 34.2 Å². The molecule has 2 rings (SSSR count). The van der Waals surface area contributed by atoms with Crippen LogP contribution in [0.5, 0.6) is 5.75 Å². The molecular formula is C14H17ClINO2. The van der Waals surface area contributed by atoms with Crippen molar-refractivity contribution in [1.29, 1.82) is 0 Å². The van der Waals surface area contributed by atoms with E-state index in [0.717, 1.165) is 9.99 Å². The van der Waals surface area contributed by atoms with E-state index in [1.165, 1.54) is 0 Å². The standard InChI is InChI=1S/C14H17ClINO2/c1-14(2)8-17(6-5-12(14)15)13(19)10-7-9(16)3-4-11(10)18/h3-4,7,12,18H,5-6,8H2,1-2H3. The van der Waals surface area contributed by atoms with Crippen LogP contribution in [-0.2, 0) is 0 Å². The maximum atomic E-state index is 12.5. The van der Waals surface area contributed by atoms with Gasteiger partial charge in [-0.2, -0.15) is 0 Å². The lowest BCUT2D eigenvalue weighted by molar-refractivity contribution is 0.0590. The van der Waals surface area contributed by atoms with E-state index < -0.39 is 0 Å². The van der Waals surface area contributed by atoms with Crippen LogP contribution in [0.4, 0.5) is 0 Å². The fraction of sp³-hybridized carbons (Fsp3) is 0.500.